The first-order valence-corrected chi connectivity index (χ1v) is 7.29. The Morgan fingerprint density at radius 2 is 2.05 bits per heavy atom. The van der Waals surface area contributed by atoms with Gasteiger partial charge in [-0.2, -0.15) is 0 Å². The highest BCUT2D eigenvalue weighted by atomic mass is 16.5. The minimum absolute atomic E-state index is 0.168. The van der Waals surface area contributed by atoms with Gasteiger partial charge in [0, 0.05) is 19.1 Å². The standard InChI is InChI=1S/C16H24N2O2/c1-12-3-4-15(13(2)11-12)20-10-7-16(19)18-8-5-14(17)6-9-18/h3-4,11,14H,5-10,17H2,1-2H3. The number of rotatable bonds is 4. The summed E-state index contributed by atoms with van der Waals surface area (Å²) in [5.41, 5.74) is 8.17. The van der Waals surface area contributed by atoms with Crippen molar-refractivity contribution >= 4 is 5.91 Å². The number of benzene rings is 1. The molecule has 2 N–H and O–H groups in total. The van der Waals surface area contributed by atoms with Gasteiger partial charge in [0.2, 0.25) is 5.91 Å². The van der Waals surface area contributed by atoms with Crippen LogP contribution in [0.2, 0.25) is 0 Å². The largest absolute Gasteiger partial charge is 0.493 e. The van der Waals surface area contributed by atoms with Gasteiger partial charge in [0.25, 0.3) is 0 Å². The quantitative estimate of drug-likeness (QED) is 0.915. The third-order valence-electron chi connectivity index (χ3n) is 3.80. The summed E-state index contributed by atoms with van der Waals surface area (Å²) >= 11 is 0. The van der Waals surface area contributed by atoms with Gasteiger partial charge in [0.15, 0.2) is 0 Å². The number of nitrogens with two attached hydrogens (primary N) is 1. The topological polar surface area (TPSA) is 55.6 Å². The highest BCUT2D eigenvalue weighted by molar-refractivity contribution is 5.76. The molecule has 110 valence electrons. The Kier molecular flexibility index (Phi) is 5.01. The average molecular weight is 276 g/mol. The molecule has 0 aromatic heterocycles. The molecule has 1 aromatic carbocycles. The number of hydrogen-bond donors (Lipinski definition) is 1. The predicted octanol–water partition coefficient (Wildman–Crippen LogP) is 2.02. The summed E-state index contributed by atoms with van der Waals surface area (Å²) in [6.45, 7) is 6.08. The maximum absolute atomic E-state index is 12.0. The van der Waals surface area contributed by atoms with Gasteiger partial charge in [-0.1, -0.05) is 17.7 Å². The molecular weight excluding hydrogens is 252 g/mol. The van der Waals surface area contributed by atoms with E-state index in [0.29, 0.717) is 13.0 Å². The average Bonchev–Trinajstić information content (AvgIpc) is 2.42. The van der Waals surface area contributed by atoms with E-state index in [1.807, 2.05) is 24.0 Å². The second-order valence-corrected chi connectivity index (χ2v) is 5.59. The molecule has 4 heteroatoms. The highest BCUT2D eigenvalue weighted by Crippen LogP contribution is 2.19. The van der Waals surface area contributed by atoms with Gasteiger partial charge in [0.05, 0.1) is 13.0 Å². The van der Waals surface area contributed by atoms with Crippen LogP contribution in [0, 0.1) is 13.8 Å². The van der Waals surface area contributed by atoms with Gasteiger partial charge >= 0.3 is 0 Å². The molecule has 0 radical (unpaired) electrons. The second kappa shape index (κ2) is 6.75. The molecular formula is C16H24N2O2. The normalized spacial score (nSPS) is 16.2. The third kappa shape index (κ3) is 3.97. The van der Waals surface area contributed by atoms with Crippen LogP contribution in [-0.2, 0) is 4.79 Å². The molecule has 1 aliphatic rings. The number of nitrogens with zero attached hydrogens (tertiary/aromatic N) is 1. The summed E-state index contributed by atoms with van der Waals surface area (Å²) in [7, 11) is 0. The molecule has 0 aliphatic carbocycles. The van der Waals surface area contributed by atoms with Crippen LogP contribution in [0.1, 0.15) is 30.4 Å². The van der Waals surface area contributed by atoms with E-state index in [1.165, 1.54) is 5.56 Å². The van der Waals surface area contributed by atoms with Gasteiger partial charge in [-0.3, -0.25) is 4.79 Å². The van der Waals surface area contributed by atoms with Gasteiger partial charge in [0.1, 0.15) is 5.75 Å². The van der Waals surface area contributed by atoms with E-state index >= 15 is 0 Å². The smallest absolute Gasteiger partial charge is 0.225 e. The van der Waals surface area contributed by atoms with Crippen molar-refractivity contribution in [2.24, 2.45) is 5.73 Å². The van der Waals surface area contributed by atoms with Gasteiger partial charge in [-0.15, -0.1) is 0 Å². The van der Waals surface area contributed by atoms with Crippen molar-refractivity contribution in [3.05, 3.63) is 29.3 Å². The first kappa shape index (κ1) is 14.9. The minimum atomic E-state index is 0.168. The summed E-state index contributed by atoms with van der Waals surface area (Å²) in [5, 5.41) is 0. The first-order chi connectivity index (χ1) is 9.56. The lowest BCUT2D eigenvalue weighted by Crippen LogP contribution is -2.43. The molecule has 1 aliphatic heterocycles. The lowest BCUT2D eigenvalue weighted by atomic mass is 10.1. The molecule has 1 saturated heterocycles. The van der Waals surface area contributed by atoms with Crippen molar-refractivity contribution in [3.8, 4) is 5.75 Å². The summed E-state index contributed by atoms with van der Waals surface area (Å²) in [6, 6.07) is 6.33. The molecule has 1 heterocycles. The van der Waals surface area contributed by atoms with Crippen LogP contribution in [-0.4, -0.2) is 36.5 Å². The van der Waals surface area contributed by atoms with Gasteiger partial charge < -0.3 is 15.4 Å². The molecule has 1 aromatic rings. The molecule has 2 rings (SSSR count). The molecule has 0 atom stereocenters. The Bertz CT molecular complexity index is 466. The SMILES string of the molecule is Cc1ccc(OCCC(=O)N2CCC(N)CC2)c(C)c1. The van der Waals surface area contributed by atoms with E-state index in [0.717, 1.165) is 37.2 Å². The fourth-order valence-electron chi connectivity index (χ4n) is 2.52. The number of ether oxygens (including phenoxy) is 1. The number of carbonyl (C=O) groups is 1. The fourth-order valence-corrected chi connectivity index (χ4v) is 2.52. The zero-order chi connectivity index (χ0) is 14.5. The van der Waals surface area contributed by atoms with Crippen LogP contribution in [0.15, 0.2) is 18.2 Å². The zero-order valence-electron chi connectivity index (χ0n) is 12.4. The number of carbonyl (C=O) groups excluding carboxylic acids is 1. The summed E-state index contributed by atoms with van der Waals surface area (Å²) in [5.74, 6) is 1.03. The maximum atomic E-state index is 12.0. The zero-order valence-corrected chi connectivity index (χ0v) is 12.4. The monoisotopic (exact) mass is 276 g/mol. The van der Waals surface area contributed by atoms with Crippen LogP contribution in [0.3, 0.4) is 0 Å². The Balaban J connectivity index is 1.76. The Hall–Kier alpha value is -1.55. The van der Waals surface area contributed by atoms with Crippen LogP contribution in [0.5, 0.6) is 5.75 Å². The molecule has 0 spiro atoms. The van der Waals surface area contributed by atoms with Gasteiger partial charge in [-0.25, -0.2) is 0 Å². The Morgan fingerprint density at radius 1 is 1.35 bits per heavy atom. The second-order valence-electron chi connectivity index (χ2n) is 5.59. The number of hydrogen-bond acceptors (Lipinski definition) is 3. The minimum Gasteiger partial charge on any atom is -0.493 e. The fraction of sp³-hybridized carbons (Fsp3) is 0.562. The highest BCUT2D eigenvalue weighted by Gasteiger charge is 2.20. The molecule has 1 fully saturated rings. The maximum Gasteiger partial charge on any atom is 0.225 e. The number of aryl methyl sites for hydroxylation is 2. The molecule has 20 heavy (non-hydrogen) atoms. The van der Waals surface area contributed by atoms with Crippen molar-refractivity contribution in [1.29, 1.82) is 0 Å². The molecule has 0 saturated carbocycles. The summed E-state index contributed by atoms with van der Waals surface area (Å²) in [4.78, 5) is 13.9. The van der Waals surface area contributed by atoms with Crippen LogP contribution < -0.4 is 10.5 Å². The van der Waals surface area contributed by atoms with E-state index in [2.05, 4.69) is 13.0 Å². The number of amides is 1. The summed E-state index contributed by atoms with van der Waals surface area (Å²) < 4.78 is 5.70. The van der Waals surface area contributed by atoms with Crippen molar-refractivity contribution < 1.29 is 9.53 Å². The first-order valence-electron chi connectivity index (χ1n) is 7.29. The van der Waals surface area contributed by atoms with Crippen molar-refractivity contribution in [2.75, 3.05) is 19.7 Å². The Morgan fingerprint density at radius 3 is 2.70 bits per heavy atom. The van der Waals surface area contributed by atoms with Crippen LogP contribution in [0.25, 0.3) is 0 Å². The van der Waals surface area contributed by atoms with E-state index in [4.69, 9.17) is 10.5 Å². The van der Waals surface area contributed by atoms with Crippen molar-refractivity contribution in [3.63, 3.8) is 0 Å². The van der Waals surface area contributed by atoms with E-state index in [9.17, 15) is 4.79 Å². The Labute approximate surface area is 120 Å². The number of likely N-dealkylation sites (tertiary alicyclic amines) is 1. The van der Waals surface area contributed by atoms with Gasteiger partial charge in [-0.05, 0) is 38.3 Å². The summed E-state index contributed by atoms with van der Waals surface area (Å²) in [6.07, 6.45) is 2.25. The van der Waals surface area contributed by atoms with E-state index in [-0.39, 0.29) is 11.9 Å². The predicted molar refractivity (Wildman–Crippen MR) is 79.8 cm³/mol. The van der Waals surface area contributed by atoms with Crippen LogP contribution >= 0.6 is 0 Å². The van der Waals surface area contributed by atoms with E-state index in [1.54, 1.807) is 0 Å². The molecule has 4 nitrogen and oxygen atoms in total. The van der Waals surface area contributed by atoms with E-state index < -0.39 is 0 Å². The molecule has 0 unspecified atom stereocenters. The lowest BCUT2D eigenvalue weighted by Gasteiger charge is -2.30. The van der Waals surface area contributed by atoms with Crippen LogP contribution in [0.4, 0.5) is 0 Å². The van der Waals surface area contributed by atoms with Crippen molar-refractivity contribution in [1.82, 2.24) is 4.90 Å². The lowest BCUT2D eigenvalue weighted by molar-refractivity contribution is -0.132. The number of piperidine rings is 1. The molecule has 1 amide bonds. The third-order valence-corrected chi connectivity index (χ3v) is 3.80. The molecule has 0 bridgehead atoms. The van der Waals surface area contributed by atoms with Crippen molar-refractivity contribution in [2.45, 2.75) is 39.2 Å².